The molecular formula is C14H11Br3O. The molecule has 0 radical (unpaired) electrons. The van der Waals surface area contributed by atoms with Gasteiger partial charge in [0, 0.05) is 20.9 Å². The summed E-state index contributed by atoms with van der Waals surface area (Å²) in [4.78, 5) is 0. The second kappa shape index (κ2) is 6.73. The Morgan fingerprint density at radius 1 is 0.833 bits per heavy atom. The minimum Gasteiger partial charge on any atom is -0.487 e. The molecule has 0 aliphatic rings. The molecule has 0 spiro atoms. The van der Waals surface area contributed by atoms with Crippen LogP contribution in [0.2, 0.25) is 0 Å². The minimum atomic E-state index is 0.546. The highest BCUT2D eigenvalue weighted by Gasteiger charge is 2.08. The zero-order valence-corrected chi connectivity index (χ0v) is 14.3. The number of ether oxygens (including phenoxy) is 1. The lowest BCUT2D eigenvalue weighted by Gasteiger charge is -2.12. The highest BCUT2D eigenvalue weighted by atomic mass is 79.9. The third-order valence-electron chi connectivity index (χ3n) is 2.52. The minimum absolute atomic E-state index is 0.546. The van der Waals surface area contributed by atoms with Gasteiger partial charge >= 0.3 is 0 Å². The standard InChI is InChI=1S/C14H11Br3O/c15-8-10-5-3-7-13(17)14(10)18-9-11-4-1-2-6-12(11)16/h1-7H,8-9H2. The van der Waals surface area contributed by atoms with Crippen LogP contribution in [0.5, 0.6) is 5.75 Å². The summed E-state index contributed by atoms with van der Waals surface area (Å²) in [6.45, 7) is 0.546. The van der Waals surface area contributed by atoms with Gasteiger partial charge in [-0.25, -0.2) is 0 Å². The van der Waals surface area contributed by atoms with E-state index in [1.54, 1.807) is 0 Å². The van der Waals surface area contributed by atoms with Crippen molar-refractivity contribution in [3.8, 4) is 5.75 Å². The Kier molecular flexibility index (Phi) is 5.27. The summed E-state index contributed by atoms with van der Waals surface area (Å²) in [6, 6.07) is 14.1. The maximum absolute atomic E-state index is 5.92. The number of benzene rings is 2. The zero-order chi connectivity index (χ0) is 13.0. The van der Waals surface area contributed by atoms with Gasteiger partial charge in [-0.05, 0) is 28.1 Å². The smallest absolute Gasteiger partial charge is 0.138 e. The SMILES string of the molecule is BrCc1cccc(Br)c1OCc1ccccc1Br. The van der Waals surface area contributed by atoms with Gasteiger partial charge in [0.2, 0.25) is 0 Å². The number of alkyl halides is 1. The Balaban J connectivity index is 2.18. The fraction of sp³-hybridized carbons (Fsp3) is 0.143. The van der Waals surface area contributed by atoms with Crippen LogP contribution in [0, 0.1) is 0 Å². The summed E-state index contributed by atoms with van der Waals surface area (Å²) in [5.74, 6) is 0.894. The molecule has 4 heteroatoms. The van der Waals surface area contributed by atoms with Gasteiger partial charge < -0.3 is 4.74 Å². The number of rotatable bonds is 4. The van der Waals surface area contributed by atoms with E-state index in [0.717, 1.165) is 31.2 Å². The summed E-state index contributed by atoms with van der Waals surface area (Å²) in [5, 5.41) is 0.776. The van der Waals surface area contributed by atoms with Gasteiger partial charge in [0.25, 0.3) is 0 Å². The Hall–Kier alpha value is -0.320. The molecule has 0 atom stereocenters. The Bertz CT molecular complexity index is 540. The van der Waals surface area contributed by atoms with Crippen LogP contribution in [0.4, 0.5) is 0 Å². The topological polar surface area (TPSA) is 9.23 Å². The highest BCUT2D eigenvalue weighted by Crippen LogP contribution is 2.31. The fourth-order valence-electron chi connectivity index (χ4n) is 1.59. The van der Waals surface area contributed by atoms with Crippen LogP contribution in [0.25, 0.3) is 0 Å². The number of hydrogen-bond donors (Lipinski definition) is 0. The van der Waals surface area contributed by atoms with E-state index >= 15 is 0 Å². The van der Waals surface area contributed by atoms with Gasteiger partial charge in [0.15, 0.2) is 0 Å². The van der Waals surface area contributed by atoms with Crippen molar-refractivity contribution in [2.24, 2.45) is 0 Å². The molecule has 0 unspecified atom stereocenters. The average molecular weight is 435 g/mol. The Morgan fingerprint density at radius 2 is 1.50 bits per heavy atom. The van der Waals surface area contributed by atoms with Crippen LogP contribution >= 0.6 is 47.8 Å². The lowest BCUT2D eigenvalue weighted by molar-refractivity contribution is 0.301. The van der Waals surface area contributed by atoms with Crippen molar-refractivity contribution >= 4 is 47.8 Å². The van der Waals surface area contributed by atoms with Gasteiger partial charge in [-0.15, -0.1) is 0 Å². The van der Waals surface area contributed by atoms with Crippen molar-refractivity contribution < 1.29 is 4.74 Å². The lowest BCUT2D eigenvalue weighted by Crippen LogP contribution is -1.99. The second-order valence-corrected chi connectivity index (χ2v) is 6.01. The molecular weight excluding hydrogens is 424 g/mol. The fourth-order valence-corrected chi connectivity index (χ4v) is 2.95. The molecule has 0 saturated carbocycles. The van der Waals surface area contributed by atoms with E-state index in [2.05, 4.69) is 59.9 Å². The molecule has 94 valence electrons. The lowest BCUT2D eigenvalue weighted by atomic mass is 10.2. The molecule has 0 amide bonds. The third kappa shape index (κ3) is 3.37. The first kappa shape index (κ1) is 14.1. The summed E-state index contributed by atoms with van der Waals surface area (Å²) < 4.78 is 7.96. The van der Waals surface area contributed by atoms with Crippen LogP contribution in [-0.4, -0.2) is 0 Å². The number of hydrogen-bond acceptors (Lipinski definition) is 1. The molecule has 2 aromatic rings. The van der Waals surface area contributed by atoms with Crippen molar-refractivity contribution in [1.82, 2.24) is 0 Å². The van der Waals surface area contributed by atoms with E-state index in [0.29, 0.717) is 6.61 Å². The average Bonchev–Trinajstić information content (AvgIpc) is 2.39. The van der Waals surface area contributed by atoms with E-state index in [1.165, 1.54) is 0 Å². The van der Waals surface area contributed by atoms with Gasteiger partial charge in [-0.3, -0.25) is 0 Å². The van der Waals surface area contributed by atoms with Crippen LogP contribution in [0.3, 0.4) is 0 Å². The molecule has 0 N–H and O–H groups in total. The van der Waals surface area contributed by atoms with Crippen LogP contribution in [-0.2, 0) is 11.9 Å². The molecule has 0 fully saturated rings. The van der Waals surface area contributed by atoms with Gasteiger partial charge in [0.1, 0.15) is 12.4 Å². The van der Waals surface area contributed by atoms with E-state index < -0.39 is 0 Å². The predicted molar refractivity (Wildman–Crippen MR) is 85.2 cm³/mol. The maximum Gasteiger partial charge on any atom is 0.138 e. The van der Waals surface area contributed by atoms with E-state index in [4.69, 9.17) is 4.74 Å². The Labute approximate surface area is 132 Å². The van der Waals surface area contributed by atoms with Gasteiger partial charge in [-0.1, -0.05) is 62.2 Å². The monoisotopic (exact) mass is 432 g/mol. The molecule has 0 bridgehead atoms. The van der Waals surface area contributed by atoms with Crippen molar-refractivity contribution in [1.29, 1.82) is 0 Å². The van der Waals surface area contributed by atoms with Crippen molar-refractivity contribution in [3.63, 3.8) is 0 Å². The van der Waals surface area contributed by atoms with Crippen LogP contribution in [0.1, 0.15) is 11.1 Å². The first-order valence-corrected chi connectivity index (χ1v) is 8.12. The first-order chi connectivity index (χ1) is 8.72. The molecule has 0 aliphatic carbocycles. The van der Waals surface area contributed by atoms with Gasteiger partial charge in [-0.2, -0.15) is 0 Å². The summed E-state index contributed by atoms with van der Waals surface area (Å²) in [7, 11) is 0. The molecule has 0 aliphatic heterocycles. The number of halogens is 3. The quantitative estimate of drug-likeness (QED) is 0.562. The first-order valence-electron chi connectivity index (χ1n) is 5.42. The number of para-hydroxylation sites is 1. The third-order valence-corrected chi connectivity index (χ3v) is 4.52. The summed E-state index contributed by atoms with van der Waals surface area (Å²) in [6.07, 6.45) is 0. The van der Waals surface area contributed by atoms with Crippen molar-refractivity contribution in [3.05, 3.63) is 62.5 Å². The van der Waals surface area contributed by atoms with E-state index in [-0.39, 0.29) is 0 Å². The van der Waals surface area contributed by atoms with E-state index in [1.807, 2.05) is 30.3 Å². The van der Waals surface area contributed by atoms with Crippen LogP contribution in [0.15, 0.2) is 51.4 Å². The highest BCUT2D eigenvalue weighted by molar-refractivity contribution is 9.11. The maximum atomic E-state index is 5.92. The molecule has 2 aromatic carbocycles. The molecule has 18 heavy (non-hydrogen) atoms. The predicted octanol–water partition coefficient (Wildman–Crippen LogP) is 5.69. The summed E-state index contributed by atoms with van der Waals surface area (Å²) >= 11 is 10.5. The van der Waals surface area contributed by atoms with Crippen molar-refractivity contribution in [2.45, 2.75) is 11.9 Å². The molecule has 0 saturated heterocycles. The van der Waals surface area contributed by atoms with Crippen molar-refractivity contribution in [2.75, 3.05) is 0 Å². The summed E-state index contributed by atoms with van der Waals surface area (Å²) in [5.41, 5.74) is 2.27. The molecule has 1 nitrogen and oxygen atoms in total. The second-order valence-electron chi connectivity index (χ2n) is 3.74. The van der Waals surface area contributed by atoms with Gasteiger partial charge in [0.05, 0.1) is 4.47 Å². The zero-order valence-electron chi connectivity index (χ0n) is 9.50. The molecule has 2 rings (SSSR count). The largest absolute Gasteiger partial charge is 0.487 e. The molecule has 0 heterocycles. The van der Waals surface area contributed by atoms with Crippen LogP contribution < -0.4 is 4.74 Å². The molecule has 0 aromatic heterocycles. The Morgan fingerprint density at radius 3 is 2.22 bits per heavy atom. The van der Waals surface area contributed by atoms with E-state index in [9.17, 15) is 0 Å². The normalized spacial score (nSPS) is 10.4.